The van der Waals surface area contributed by atoms with E-state index in [2.05, 4.69) is 34.6 Å². The summed E-state index contributed by atoms with van der Waals surface area (Å²) in [7, 11) is -4.71. The lowest BCUT2D eigenvalue weighted by Gasteiger charge is -2.63. The Labute approximate surface area is 228 Å². The van der Waals surface area contributed by atoms with Gasteiger partial charge in [0.2, 0.25) is 0 Å². The van der Waals surface area contributed by atoms with Gasteiger partial charge >= 0.3 is 10.4 Å². The van der Waals surface area contributed by atoms with Crippen LogP contribution in [0, 0.1) is 56.7 Å². The minimum atomic E-state index is -4.71. The Morgan fingerprint density at radius 3 is 2.26 bits per heavy atom. The minimum Gasteiger partial charge on any atom is -0.395 e. The van der Waals surface area contributed by atoms with Crippen LogP contribution in [0.4, 0.5) is 0 Å². The molecule has 2 spiro atoms. The van der Waals surface area contributed by atoms with Gasteiger partial charge in [-0.05, 0) is 103 Å². The molecule has 0 aromatic carbocycles. The van der Waals surface area contributed by atoms with Gasteiger partial charge in [0, 0.05) is 19.3 Å². The first-order chi connectivity index (χ1) is 17.6. The molecule has 5 saturated carbocycles. The van der Waals surface area contributed by atoms with E-state index in [-0.39, 0.29) is 33.4 Å². The highest BCUT2D eigenvalue weighted by Crippen LogP contribution is 2.88. The molecule has 2 N–H and O–H groups in total. The van der Waals surface area contributed by atoms with Gasteiger partial charge in [-0.1, -0.05) is 34.6 Å². The summed E-state index contributed by atoms with van der Waals surface area (Å²) >= 11 is 0. The maximum Gasteiger partial charge on any atom is 0.397 e. The average molecular weight is 553 g/mol. The number of hydrogen-bond donors (Lipinski definition) is 2. The van der Waals surface area contributed by atoms with E-state index >= 15 is 0 Å². The molecule has 4 unspecified atom stereocenters. The SMILES string of the molecule is CC(C)CC(=O)CC(C)[C@H]1CCC2(C)C3CCC4[C@](CO)(COS(=O)(=O)O)C(=O)CC[C@@]45C[C@@]35CC[C@]12C. The Morgan fingerprint density at radius 2 is 1.63 bits per heavy atom. The molecule has 7 nitrogen and oxygen atoms in total. The number of ketones is 2. The molecular weight excluding hydrogens is 504 g/mol. The highest BCUT2D eigenvalue weighted by atomic mass is 32.3. The van der Waals surface area contributed by atoms with Gasteiger partial charge in [0.25, 0.3) is 0 Å². The van der Waals surface area contributed by atoms with E-state index in [1.807, 2.05) is 0 Å². The van der Waals surface area contributed by atoms with Crippen molar-refractivity contribution >= 4 is 22.0 Å². The molecule has 5 fully saturated rings. The third-order valence-corrected chi connectivity index (χ3v) is 13.6. The zero-order valence-corrected chi connectivity index (χ0v) is 24.7. The molecule has 5 rings (SSSR count). The third-order valence-electron chi connectivity index (χ3n) is 13.2. The summed E-state index contributed by atoms with van der Waals surface area (Å²) in [6, 6.07) is 0. The molecule has 0 aliphatic heterocycles. The Bertz CT molecular complexity index is 1100. The molecule has 0 aromatic heterocycles. The first-order valence-electron chi connectivity index (χ1n) is 14.9. The lowest BCUT2D eigenvalue weighted by molar-refractivity contribution is -0.170. The highest BCUT2D eigenvalue weighted by molar-refractivity contribution is 7.80. The maximum atomic E-state index is 13.3. The quantitative estimate of drug-likeness (QED) is 0.367. The van der Waals surface area contributed by atoms with E-state index in [0.29, 0.717) is 48.7 Å². The Morgan fingerprint density at radius 1 is 0.974 bits per heavy atom. The molecule has 8 heteroatoms. The lowest BCUT2D eigenvalue weighted by atomic mass is 9.41. The summed E-state index contributed by atoms with van der Waals surface area (Å²) in [6.45, 7) is 10.6. The van der Waals surface area contributed by atoms with Gasteiger partial charge in [0.1, 0.15) is 11.6 Å². The van der Waals surface area contributed by atoms with Crippen LogP contribution in [0.25, 0.3) is 0 Å². The number of hydrogen-bond acceptors (Lipinski definition) is 6. The largest absolute Gasteiger partial charge is 0.397 e. The summed E-state index contributed by atoms with van der Waals surface area (Å²) in [4.78, 5) is 26.0. The summed E-state index contributed by atoms with van der Waals surface area (Å²) in [5.74, 6) is 1.95. The number of fused-ring (bicyclic) bond motifs is 2. The molecule has 9 atom stereocenters. The van der Waals surface area contributed by atoms with E-state index in [9.17, 15) is 27.7 Å². The molecule has 0 aromatic rings. The van der Waals surface area contributed by atoms with Gasteiger partial charge < -0.3 is 5.11 Å². The minimum absolute atomic E-state index is 0.0730. The van der Waals surface area contributed by atoms with Crippen molar-refractivity contribution in [3.05, 3.63) is 0 Å². The van der Waals surface area contributed by atoms with E-state index in [0.717, 1.165) is 44.9 Å². The number of carbonyl (C=O) groups excluding carboxylic acids is 2. The van der Waals surface area contributed by atoms with Crippen LogP contribution >= 0.6 is 0 Å². The normalized spacial score (nSPS) is 46.6. The second kappa shape index (κ2) is 9.09. The summed E-state index contributed by atoms with van der Waals surface area (Å²) in [5.41, 5.74) is -0.892. The summed E-state index contributed by atoms with van der Waals surface area (Å²) < 4.78 is 37.0. The molecule has 38 heavy (non-hydrogen) atoms. The molecule has 0 amide bonds. The van der Waals surface area contributed by atoms with Crippen LogP contribution in [0.2, 0.25) is 0 Å². The fourth-order valence-corrected chi connectivity index (χ4v) is 11.8. The highest BCUT2D eigenvalue weighted by Gasteiger charge is 2.83. The standard InChI is InChI=1S/C30H48O7S/c1-19(2)14-21(32)15-20(3)22-8-10-27(5)23-6-7-24-28(17-31,18-37-38(34,35)36)25(33)9-11-29(24)16-30(23,29)13-12-26(22,27)4/h19-20,22-24,31H,6-18H2,1-5H3,(H,34,35,36)/t20?,22-,23?,24?,26-,27?,28+,29-,30+/m1/s1. The van der Waals surface area contributed by atoms with Gasteiger partial charge in [0.15, 0.2) is 0 Å². The Hall–Kier alpha value is -0.830. The van der Waals surface area contributed by atoms with Crippen molar-refractivity contribution in [2.75, 3.05) is 13.2 Å². The van der Waals surface area contributed by atoms with Gasteiger partial charge in [-0.25, -0.2) is 4.18 Å². The first-order valence-corrected chi connectivity index (χ1v) is 16.2. The number of aliphatic hydroxyl groups is 1. The molecular formula is C30H48O7S. The molecule has 5 aliphatic carbocycles. The van der Waals surface area contributed by atoms with E-state index < -0.39 is 29.0 Å². The van der Waals surface area contributed by atoms with Gasteiger partial charge in [-0.2, -0.15) is 8.42 Å². The van der Waals surface area contributed by atoms with Crippen molar-refractivity contribution < 1.29 is 31.8 Å². The van der Waals surface area contributed by atoms with Gasteiger partial charge in [-0.15, -0.1) is 0 Å². The van der Waals surface area contributed by atoms with Crippen molar-refractivity contribution in [2.24, 2.45) is 56.7 Å². The lowest BCUT2D eigenvalue weighted by Crippen LogP contribution is -2.60. The van der Waals surface area contributed by atoms with Crippen molar-refractivity contribution in [1.29, 1.82) is 0 Å². The summed E-state index contributed by atoms with van der Waals surface area (Å²) in [6.07, 6.45) is 9.77. The topological polar surface area (TPSA) is 118 Å². The number of Topliss-reactive ketones (excluding diaryl/α,β-unsaturated/α-hetero) is 2. The monoisotopic (exact) mass is 552 g/mol. The Balaban J connectivity index is 1.41. The van der Waals surface area contributed by atoms with Gasteiger partial charge in [0.05, 0.1) is 18.6 Å². The number of aliphatic hydroxyl groups excluding tert-OH is 1. The fourth-order valence-electron chi connectivity index (χ4n) is 11.4. The molecule has 0 saturated heterocycles. The van der Waals surface area contributed by atoms with Crippen LogP contribution in [-0.4, -0.2) is 42.9 Å². The van der Waals surface area contributed by atoms with Crippen LogP contribution in [0.3, 0.4) is 0 Å². The molecule has 0 bridgehead atoms. The summed E-state index contributed by atoms with van der Waals surface area (Å²) in [5, 5.41) is 10.5. The first kappa shape index (κ1) is 28.7. The van der Waals surface area contributed by atoms with Crippen molar-refractivity contribution in [1.82, 2.24) is 0 Å². The zero-order valence-electron chi connectivity index (χ0n) is 23.9. The number of rotatable bonds is 9. The fraction of sp³-hybridized carbons (Fsp3) is 0.933. The second-order valence-corrected chi connectivity index (χ2v) is 16.0. The molecule has 0 heterocycles. The van der Waals surface area contributed by atoms with Crippen LogP contribution in [0.1, 0.15) is 105 Å². The zero-order chi connectivity index (χ0) is 27.9. The molecule has 0 radical (unpaired) electrons. The van der Waals surface area contributed by atoms with Crippen LogP contribution in [0.5, 0.6) is 0 Å². The molecule has 216 valence electrons. The van der Waals surface area contributed by atoms with Crippen LogP contribution in [-0.2, 0) is 24.2 Å². The predicted molar refractivity (Wildman–Crippen MR) is 143 cm³/mol. The average Bonchev–Trinajstić information content (AvgIpc) is 3.40. The van der Waals surface area contributed by atoms with E-state index in [4.69, 9.17) is 4.18 Å². The van der Waals surface area contributed by atoms with Crippen LogP contribution < -0.4 is 0 Å². The maximum absolute atomic E-state index is 13.3. The van der Waals surface area contributed by atoms with Crippen molar-refractivity contribution in [3.8, 4) is 0 Å². The Kier molecular flexibility index (Phi) is 6.86. The predicted octanol–water partition coefficient (Wildman–Crippen LogP) is 5.41. The smallest absolute Gasteiger partial charge is 0.395 e. The van der Waals surface area contributed by atoms with Crippen LogP contribution in [0.15, 0.2) is 0 Å². The molecule has 5 aliphatic rings. The third kappa shape index (κ3) is 3.86. The number of carbonyl (C=O) groups is 2. The van der Waals surface area contributed by atoms with E-state index in [1.165, 1.54) is 6.42 Å². The van der Waals surface area contributed by atoms with Crippen molar-refractivity contribution in [2.45, 2.75) is 105 Å². The second-order valence-electron chi connectivity index (χ2n) is 14.9. The van der Waals surface area contributed by atoms with Crippen molar-refractivity contribution in [3.63, 3.8) is 0 Å². The van der Waals surface area contributed by atoms with E-state index in [1.54, 1.807) is 0 Å². The van der Waals surface area contributed by atoms with Gasteiger partial charge in [-0.3, -0.25) is 14.1 Å².